The van der Waals surface area contributed by atoms with E-state index in [-0.39, 0.29) is 5.91 Å². The van der Waals surface area contributed by atoms with Crippen molar-refractivity contribution < 1.29 is 4.79 Å². The molecule has 1 aromatic carbocycles. The first-order chi connectivity index (χ1) is 13.6. The number of hydrogen-bond acceptors (Lipinski definition) is 3. The van der Waals surface area contributed by atoms with Crippen LogP contribution in [0, 0.1) is 0 Å². The summed E-state index contributed by atoms with van der Waals surface area (Å²) in [7, 11) is 0. The van der Waals surface area contributed by atoms with Crippen molar-refractivity contribution in [1.29, 1.82) is 0 Å². The molecule has 2 aromatic heterocycles. The number of hydrogen-bond donors (Lipinski definition) is 1. The third-order valence-corrected chi connectivity index (χ3v) is 5.54. The molecule has 1 aliphatic rings. The molecule has 28 heavy (non-hydrogen) atoms. The molecular formula is C21H20Cl2N4O. The van der Waals surface area contributed by atoms with Gasteiger partial charge in [-0.1, -0.05) is 23.2 Å². The van der Waals surface area contributed by atoms with E-state index in [9.17, 15) is 4.79 Å². The van der Waals surface area contributed by atoms with Crippen molar-refractivity contribution >= 4 is 29.1 Å². The Morgan fingerprint density at radius 1 is 1.11 bits per heavy atom. The molecule has 7 heteroatoms. The van der Waals surface area contributed by atoms with Crippen molar-refractivity contribution in [3.8, 4) is 11.3 Å². The lowest BCUT2D eigenvalue weighted by Gasteiger charge is -2.14. The van der Waals surface area contributed by atoms with Crippen LogP contribution in [0.4, 0.5) is 0 Å². The number of pyridine rings is 1. The van der Waals surface area contributed by atoms with Gasteiger partial charge in [-0.25, -0.2) is 0 Å². The minimum absolute atomic E-state index is 0.211. The van der Waals surface area contributed by atoms with Crippen molar-refractivity contribution in [2.45, 2.75) is 32.2 Å². The molecule has 0 fully saturated rings. The smallest absolute Gasteiger partial charge is 0.252 e. The van der Waals surface area contributed by atoms with Gasteiger partial charge in [-0.05, 0) is 56.0 Å². The largest absolute Gasteiger partial charge is 0.350 e. The fourth-order valence-corrected chi connectivity index (χ4v) is 4.14. The fraction of sp³-hybridized carbons (Fsp3) is 0.286. The summed E-state index contributed by atoms with van der Waals surface area (Å²) < 4.78 is 2.04. The Labute approximate surface area is 173 Å². The van der Waals surface area contributed by atoms with E-state index < -0.39 is 0 Å². The molecule has 1 aliphatic carbocycles. The first kappa shape index (κ1) is 19.0. The van der Waals surface area contributed by atoms with Crippen molar-refractivity contribution in [2.75, 3.05) is 6.54 Å². The lowest BCUT2D eigenvalue weighted by atomic mass is 9.94. The van der Waals surface area contributed by atoms with E-state index in [0.717, 1.165) is 24.1 Å². The zero-order valence-electron chi connectivity index (χ0n) is 15.3. The quantitative estimate of drug-likeness (QED) is 0.665. The molecule has 0 unspecified atom stereocenters. The summed E-state index contributed by atoms with van der Waals surface area (Å²) in [6.45, 7) is 1.09. The molecular weight excluding hydrogens is 395 g/mol. The molecule has 0 saturated heterocycles. The number of nitrogens with zero attached hydrogens (tertiary/aromatic N) is 3. The molecule has 0 bridgehead atoms. The number of halogens is 2. The average Bonchev–Trinajstić information content (AvgIpc) is 3.07. The van der Waals surface area contributed by atoms with E-state index in [1.54, 1.807) is 30.6 Å². The second kappa shape index (κ2) is 8.33. The van der Waals surface area contributed by atoms with Crippen LogP contribution in [-0.4, -0.2) is 27.2 Å². The Morgan fingerprint density at radius 2 is 1.89 bits per heavy atom. The van der Waals surface area contributed by atoms with Gasteiger partial charge < -0.3 is 5.32 Å². The monoisotopic (exact) mass is 414 g/mol. The number of nitrogens with one attached hydrogen (secondary N) is 1. The van der Waals surface area contributed by atoms with Gasteiger partial charge in [-0.3, -0.25) is 14.5 Å². The SMILES string of the molecule is O=C(NCCn1nc(-c2ccncc2)c2c1CCCC2)c1ccc(Cl)cc1Cl. The first-order valence-corrected chi connectivity index (χ1v) is 10.1. The maximum absolute atomic E-state index is 12.4. The highest BCUT2D eigenvalue weighted by Gasteiger charge is 2.21. The highest BCUT2D eigenvalue weighted by molar-refractivity contribution is 6.36. The predicted molar refractivity (Wildman–Crippen MR) is 111 cm³/mol. The lowest BCUT2D eigenvalue weighted by molar-refractivity contribution is 0.0952. The summed E-state index contributed by atoms with van der Waals surface area (Å²) in [6, 6.07) is 8.85. The summed E-state index contributed by atoms with van der Waals surface area (Å²) in [5.74, 6) is -0.211. The maximum Gasteiger partial charge on any atom is 0.252 e. The summed E-state index contributed by atoms with van der Waals surface area (Å²) in [5.41, 5.74) is 5.14. The van der Waals surface area contributed by atoms with Gasteiger partial charge in [-0.2, -0.15) is 5.10 Å². The van der Waals surface area contributed by atoms with E-state index in [4.69, 9.17) is 28.3 Å². The van der Waals surface area contributed by atoms with E-state index in [2.05, 4.69) is 10.3 Å². The zero-order chi connectivity index (χ0) is 19.5. The summed E-state index contributed by atoms with van der Waals surface area (Å²) in [4.78, 5) is 16.5. The van der Waals surface area contributed by atoms with Crippen molar-refractivity contribution in [1.82, 2.24) is 20.1 Å². The molecule has 0 radical (unpaired) electrons. The third kappa shape index (κ3) is 3.91. The van der Waals surface area contributed by atoms with Crippen molar-refractivity contribution in [3.63, 3.8) is 0 Å². The van der Waals surface area contributed by atoms with Crippen LogP contribution in [0.3, 0.4) is 0 Å². The zero-order valence-corrected chi connectivity index (χ0v) is 16.8. The van der Waals surface area contributed by atoms with Gasteiger partial charge >= 0.3 is 0 Å². The van der Waals surface area contributed by atoms with Crippen LogP contribution in [0.1, 0.15) is 34.5 Å². The number of rotatable bonds is 5. The molecule has 2 heterocycles. The normalized spacial score (nSPS) is 13.2. The molecule has 1 amide bonds. The van der Waals surface area contributed by atoms with Crippen LogP contribution in [0.15, 0.2) is 42.7 Å². The summed E-state index contributed by atoms with van der Waals surface area (Å²) in [5, 5.41) is 8.64. The predicted octanol–water partition coefficient (Wildman–Crippen LogP) is 4.56. The minimum Gasteiger partial charge on any atom is -0.350 e. The first-order valence-electron chi connectivity index (χ1n) is 9.35. The summed E-state index contributed by atoms with van der Waals surface area (Å²) in [6.07, 6.45) is 7.99. The second-order valence-corrected chi connectivity index (χ2v) is 7.66. The number of amides is 1. The lowest BCUT2D eigenvalue weighted by Crippen LogP contribution is -2.28. The second-order valence-electron chi connectivity index (χ2n) is 6.82. The van der Waals surface area contributed by atoms with Gasteiger partial charge in [0.2, 0.25) is 0 Å². The molecule has 5 nitrogen and oxygen atoms in total. The Kier molecular flexibility index (Phi) is 5.64. The van der Waals surface area contributed by atoms with E-state index in [1.807, 2.05) is 16.8 Å². The van der Waals surface area contributed by atoms with Gasteiger partial charge in [0.05, 0.1) is 22.8 Å². The number of carbonyl (C=O) groups is 1. The van der Waals surface area contributed by atoms with Gasteiger partial charge in [-0.15, -0.1) is 0 Å². The number of fused-ring (bicyclic) bond motifs is 1. The van der Waals surface area contributed by atoms with Crippen LogP contribution in [0.25, 0.3) is 11.3 Å². The molecule has 0 aliphatic heterocycles. The molecule has 0 atom stereocenters. The molecule has 3 aromatic rings. The van der Waals surface area contributed by atoms with Gasteiger partial charge in [0.15, 0.2) is 0 Å². The topological polar surface area (TPSA) is 59.8 Å². The molecule has 0 spiro atoms. The van der Waals surface area contributed by atoms with E-state index >= 15 is 0 Å². The third-order valence-electron chi connectivity index (χ3n) is 5.00. The van der Waals surface area contributed by atoms with Gasteiger partial charge in [0.25, 0.3) is 5.91 Å². The van der Waals surface area contributed by atoms with Crippen molar-refractivity contribution in [2.24, 2.45) is 0 Å². The minimum atomic E-state index is -0.211. The highest BCUT2D eigenvalue weighted by atomic mass is 35.5. The maximum atomic E-state index is 12.4. The van der Waals surface area contributed by atoms with Crippen LogP contribution in [0.2, 0.25) is 10.0 Å². The van der Waals surface area contributed by atoms with Crippen molar-refractivity contribution in [3.05, 3.63) is 69.6 Å². The van der Waals surface area contributed by atoms with E-state index in [1.165, 1.54) is 24.1 Å². The molecule has 4 rings (SSSR count). The van der Waals surface area contributed by atoms with Gasteiger partial charge in [0, 0.05) is 40.8 Å². The fourth-order valence-electron chi connectivity index (χ4n) is 3.64. The van der Waals surface area contributed by atoms with Crippen LogP contribution in [0.5, 0.6) is 0 Å². The molecule has 144 valence electrons. The molecule has 1 N–H and O–H groups in total. The van der Waals surface area contributed by atoms with Crippen LogP contribution in [-0.2, 0) is 19.4 Å². The highest BCUT2D eigenvalue weighted by Crippen LogP contribution is 2.30. The number of benzene rings is 1. The van der Waals surface area contributed by atoms with Crippen LogP contribution < -0.4 is 5.32 Å². The Bertz CT molecular complexity index is 1000. The Morgan fingerprint density at radius 3 is 2.68 bits per heavy atom. The summed E-state index contributed by atoms with van der Waals surface area (Å²) >= 11 is 12.0. The van der Waals surface area contributed by atoms with Crippen LogP contribution >= 0.6 is 23.2 Å². The van der Waals surface area contributed by atoms with E-state index in [0.29, 0.717) is 28.7 Å². The van der Waals surface area contributed by atoms with Gasteiger partial charge in [0.1, 0.15) is 0 Å². The number of carbonyl (C=O) groups excluding carboxylic acids is 1. The Hall–Kier alpha value is -2.37. The average molecular weight is 415 g/mol. The Balaban J connectivity index is 1.49. The number of aromatic nitrogens is 3. The standard InChI is InChI=1S/C21H20Cl2N4O/c22-15-5-6-16(18(23)13-15)21(28)25-11-12-27-19-4-2-1-3-17(19)20(26-27)14-7-9-24-10-8-14/h5-10,13H,1-4,11-12H2,(H,25,28). The molecule has 0 saturated carbocycles.